The number of hydrogen-bond donors (Lipinski definition) is 0. The number of benzene rings is 2. The van der Waals surface area contributed by atoms with Crippen LogP contribution in [0.5, 0.6) is 17.2 Å². The predicted molar refractivity (Wildman–Crippen MR) is 119 cm³/mol. The fourth-order valence-corrected chi connectivity index (χ4v) is 4.47. The third-order valence-corrected chi connectivity index (χ3v) is 5.95. The van der Waals surface area contributed by atoms with Gasteiger partial charge in [0.05, 0.1) is 27.4 Å². The van der Waals surface area contributed by atoms with Crippen molar-refractivity contribution >= 4 is 11.6 Å². The molecule has 5 nitrogen and oxygen atoms in total. The average molecular weight is 427 g/mol. The minimum Gasteiger partial charge on any atom is -0.493 e. The Morgan fingerprint density at radius 3 is 2.37 bits per heavy atom. The highest BCUT2D eigenvalue weighted by atomic mass is 35.5. The average Bonchev–Trinajstić information content (AvgIpc) is 3.15. The van der Waals surface area contributed by atoms with Crippen LogP contribution in [0.1, 0.15) is 29.3 Å². The Morgan fingerprint density at radius 1 is 0.900 bits per heavy atom. The molecule has 2 heterocycles. The van der Waals surface area contributed by atoms with Gasteiger partial charge in [-0.15, -0.1) is 0 Å². The monoisotopic (exact) mass is 426 g/mol. The van der Waals surface area contributed by atoms with Gasteiger partial charge >= 0.3 is 0 Å². The van der Waals surface area contributed by atoms with E-state index in [1.807, 2.05) is 18.2 Å². The Bertz CT molecular complexity index is 1000. The van der Waals surface area contributed by atoms with Crippen LogP contribution in [0.2, 0.25) is 5.02 Å². The number of methoxy groups -OCH3 is 3. The Morgan fingerprint density at radius 2 is 1.67 bits per heavy atom. The van der Waals surface area contributed by atoms with E-state index in [0.29, 0.717) is 17.2 Å². The van der Waals surface area contributed by atoms with Gasteiger partial charge in [0.2, 0.25) is 5.75 Å². The van der Waals surface area contributed by atoms with E-state index in [2.05, 4.69) is 46.0 Å². The molecule has 2 aromatic carbocycles. The van der Waals surface area contributed by atoms with Crippen LogP contribution >= 0.6 is 11.6 Å². The van der Waals surface area contributed by atoms with E-state index in [1.165, 1.54) is 11.3 Å². The van der Waals surface area contributed by atoms with Crippen LogP contribution in [-0.4, -0.2) is 37.3 Å². The van der Waals surface area contributed by atoms with Gasteiger partial charge in [0, 0.05) is 42.1 Å². The lowest BCUT2D eigenvalue weighted by Crippen LogP contribution is -2.29. The summed E-state index contributed by atoms with van der Waals surface area (Å²) >= 11 is 6.17. The standard InChI is InChI=1S/C24H27ClN2O3/c1-28-21-12-9-18(23(29-2)24(21)30-3)16-27-15-5-14-26-13-4-6-20(26)22(27)17-7-10-19(25)11-8-17/h4,6-13,22H,5,14-16H2,1-3H3/t22-/m0/s1. The maximum absolute atomic E-state index is 6.17. The van der Waals surface area contributed by atoms with Crippen molar-refractivity contribution in [2.24, 2.45) is 0 Å². The van der Waals surface area contributed by atoms with Crippen molar-refractivity contribution in [3.8, 4) is 17.2 Å². The first-order chi connectivity index (χ1) is 14.7. The number of aryl methyl sites for hydroxylation is 1. The largest absolute Gasteiger partial charge is 0.493 e. The maximum Gasteiger partial charge on any atom is 0.203 e. The third-order valence-electron chi connectivity index (χ3n) is 5.70. The minimum absolute atomic E-state index is 0.123. The van der Waals surface area contributed by atoms with Gasteiger partial charge < -0.3 is 18.8 Å². The second-order valence-electron chi connectivity index (χ2n) is 7.40. The van der Waals surface area contributed by atoms with Gasteiger partial charge in [-0.1, -0.05) is 29.8 Å². The summed E-state index contributed by atoms with van der Waals surface area (Å²) in [7, 11) is 4.95. The van der Waals surface area contributed by atoms with E-state index in [1.54, 1.807) is 21.3 Å². The highest BCUT2D eigenvalue weighted by Gasteiger charge is 2.29. The molecule has 0 N–H and O–H groups in total. The normalized spacial score (nSPS) is 16.6. The van der Waals surface area contributed by atoms with E-state index < -0.39 is 0 Å². The topological polar surface area (TPSA) is 35.9 Å². The van der Waals surface area contributed by atoms with Crippen molar-refractivity contribution in [3.63, 3.8) is 0 Å². The van der Waals surface area contributed by atoms with Gasteiger partial charge in [0.25, 0.3) is 0 Å². The fraction of sp³-hybridized carbons (Fsp3) is 0.333. The second-order valence-corrected chi connectivity index (χ2v) is 7.83. The summed E-state index contributed by atoms with van der Waals surface area (Å²) in [5, 5.41) is 0.746. The zero-order chi connectivity index (χ0) is 21.1. The first kappa shape index (κ1) is 20.6. The fourth-order valence-electron chi connectivity index (χ4n) is 4.34. The lowest BCUT2D eigenvalue weighted by Gasteiger charge is -2.31. The van der Waals surface area contributed by atoms with E-state index in [0.717, 1.165) is 36.6 Å². The first-order valence-corrected chi connectivity index (χ1v) is 10.5. The highest BCUT2D eigenvalue weighted by Crippen LogP contribution is 2.42. The molecule has 4 rings (SSSR count). The number of rotatable bonds is 6. The molecule has 1 aliphatic rings. The van der Waals surface area contributed by atoms with Crippen LogP contribution in [0.25, 0.3) is 0 Å². The van der Waals surface area contributed by atoms with Gasteiger partial charge in [-0.3, -0.25) is 4.90 Å². The Balaban J connectivity index is 1.76. The number of nitrogens with zero attached hydrogens (tertiary/aromatic N) is 2. The molecule has 1 atom stereocenters. The summed E-state index contributed by atoms with van der Waals surface area (Å²) < 4.78 is 19.1. The lowest BCUT2D eigenvalue weighted by atomic mass is 10.0. The zero-order valence-electron chi connectivity index (χ0n) is 17.6. The third kappa shape index (κ3) is 3.87. The van der Waals surface area contributed by atoms with Gasteiger partial charge in [-0.25, -0.2) is 0 Å². The molecule has 158 valence electrons. The number of ether oxygens (including phenoxy) is 3. The zero-order valence-corrected chi connectivity index (χ0v) is 18.4. The molecule has 1 aromatic heterocycles. The molecule has 0 aliphatic carbocycles. The summed E-state index contributed by atoms with van der Waals surface area (Å²) in [4.78, 5) is 2.49. The molecule has 0 spiro atoms. The van der Waals surface area contributed by atoms with Crippen LogP contribution in [0.3, 0.4) is 0 Å². The predicted octanol–water partition coefficient (Wildman–Crippen LogP) is 5.16. The van der Waals surface area contributed by atoms with Crippen molar-refractivity contribution in [2.45, 2.75) is 25.6 Å². The summed E-state index contributed by atoms with van der Waals surface area (Å²) in [5.41, 5.74) is 3.57. The molecule has 1 aliphatic heterocycles. The molecular weight excluding hydrogens is 400 g/mol. The van der Waals surface area contributed by atoms with Gasteiger partial charge in [0.15, 0.2) is 11.5 Å². The van der Waals surface area contributed by atoms with Crippen molar-refractivity contribution in [2.75, 3.05) is 27.9 Å². The van der Waals surface area contributed by atoms with Crippen molar-refractivity contribution < 1.29 is 14.2 Å². The Hall–Kier alpha value is -2.63. The summed E-state index contributed by atoms with van der Waals surface area (Å²) in [6.07, 6.45) is 3.24. The van der Waals surface area contributed by atoms with E-state index in [-0.39, 0.29) is 6.04 Å². The molecule has 6 heteroatoms. The van der Waals surface area contributed by atoms with Crippen LogP contribution in [-0.2, 0) is 13.1 Å². The quantitative estimate of drug-likeness (QED) is 0.545. The Labute approximate surface area is 182 Å². The molecule has 0 saturated carbocycles. The molecule has 0 fully saturated rings. The molecule has 0 unspecified atom stereocenters. The number of hydrogen-bond acceptors (Lipinski definition) is 4. The Kier molecular flexibility index (Phi) is 6.21. The minimum atomic E-state index is 0.123. The molecule has 0 saturated heterocycles. The van der Waals surface area contributed by atoms with Crippen LogP contribution in [0, 0.1) is 0 Å². The number of halogens is 1. The van der Waals surface area contributed by atoms with Gasteiger partial charge in [0.1, 0.15) is 0 Å². The van der Waals surface area contributed by atoms with E-state index >= 15 is 0 Å². The van der Waals surface area contributed by atoms with Crippen molar-refractivity contribution in [1.29, 1.82) is 0 Å². The van der Waals surface area contributed by atoms with Gasteiger partial charge in [-0.05, 0) is 42.3 Å². The molecule has 0 radical (unpaired) electrons. The first-order valence-electron chi connectivity index (χ1n) is 10.1. The van der Waals surface area contributed by atoms with Gasteiger partial charge in [-0.2, -0.15) is 0 Å². The lowest BCUT2D eigenvalue weighted by molar-refractivity contribution is 0.216. The molecule has 3 aromatic rings. The summed E-state index contributed by atoms with van der Waals surface area (Å²) in [6, 6.07) is 16.6. The summed E-state index contributed by atoms with van der Waals surface area (Å²) in [5.74, 6) is 2.00. The van der Waals surface area contributed by atoms with Crippen LogP contribution < -0.4 is 14.2 Å². The smallest absolute Gasteiger partial charge is 0.203 e. The van der Waals surface area contributed by atoms with Crippen LogP contribution in [0.4, 0.5) is 0 Å². The molecule has 0 amide bonds. The molecule has 0 bridgehead atoms. The van der Waals surface area contributed by atoms with Crippen molar-refractivity contribution in [3.05, 3.63) is 76.6 Å². The highest BCUT2D eigenvalue weighted by molar-refractivity contribution is 6.30. The molecule has 30 heavy (non-hydrogen) atoms. The maximum atomic E-state index is 6.17. The molecular formula is C24H27ClN2O3. The van der Waals surface area contributed by atoms with Crippen molar-refractivity contribution in [1.82, 2.24) is 9.47 Å². The number of fused-ring (bicyclic) bond motifs is 1. The second kappa shape index (κ2) is 9.02. The number of aromatic nitrogens is 1. The van der Waals surface area contributed by atoms with E-state index in [4.69, 9.17) is 25.8 Å². The van der Waals surface area contributed by atoms with Crippen LogP contribution in [0.15, 0.2) is 54.7 Å². The SMILES string of the molecule is COc1ccc(CN2CCCn3cccc3[C@@H]2c2ccc(Cl)cc2)c(OC)c1OC. The van der Waals surface area contributed by atoms with E-state index in [9.17, 15) is 0 Å². The summed E-state index contributed by atoms with van der Waals surface area (Å²) in [6.45, 7) is 2.69.